The Balaban J connectivity index is 2.47. The standard InChI is InChI=1S/C15H19BrFN3O2S/c1-20(15(23)18-8-3-9-22-2)19-14(21)7-4-11-10-12(16)5-6-13(11)17/h4-7,10H,3,8-9H2,1-2H3,(H,18,23)(H,19,21)/b7-4+. The third-order valence-corrected chi connectivity index (χ3v) is 3.67. The molecule has 0 aromatic heterocycles. The number of ether oxygens (including phenoxy) is 1. The van der Waals surface area contributed by atoms with Gasteiger partial charge in [0.15, 0.2) is 5.11 Å². The van der Waals surface area contributed by atoms with Crippen molar-refractivity contribution in [3.05, 3.63) is 40.1 Å². The fourth-order valence-electron chi connectivity index (χ4n) is 1.59. The van der Waals surface area contributed by atoms with Crippen LogP contribution in [0.25, 0.3) is 6.08 Å². The van der Waals surface area contributed by atoms with E-state index in [0.29, 0.717) is 23.8 Å². The van der Waals surface area contributed by atoms with E-state index in [2.05, 4.69) is 26.7 Å². The Bertz CT molecular complexity index is 584. The van der Waals surface area contributed by atoms with Crippen molar-refractivity contribution in [2.75, 3.05) is 27.3 Å². The van der Waals surface area contributed by atoms with E-state index < -0.39 is 11.7 Å². The van der Waals surface area contributed by atoms with Crippen LogP contribution < -0.4 is 10.7 Å². The zero-order valence-electron chi connectivity index (χ0n) is 12.9. The number of nitrogens with zero attached hydrogens (tertiary/aromatic N) is 1. The van der Waals surface area contributed by atoms with Crippen LogP contribution in [0.2, 0.25) is 0 Å². The molecule has 0 bridgehead atoms. The summed E-state index contributed by atoms with van der Waals surface area (Å²) in [6, 6.07) is 4.51. The molecule has 0 fully saturated rings. The minimum absolute atomic E-state index is 0.317. The molecule has 0 radical (unpaired) electrons. The first-order valence-corrected chi connectivity index (χ1v) is 8.08. The van der Waals surface area contributed by atoms with Crippen LogP contribution in [0.3, 0.4) is 0 Å². The van der Waals surface area contributed by atoms with E-state index in [1.165, 1.54) is 23.2 Å². The number of hydrogen-bond donors (Lipinski definition) is 2. The van der Waals surface area contributed by atoms with Crippen molar-refractivity contribution < 1.29 is 13.9 Å². The number of carbonyl (C=O) groups is 1. The molecule has 2 N–H and O–H groups in total. The van der Waals surface area contributed by atoms with Crippen LogP contribution in [-0.4, -0.2) is 43.3 Å². The molecule has 0 atom stereocenters. The van der Waals surface area contributed by atoms with Crippen molar-refractivity contribution in [1.29, 1.82) is 0 Å². The molecule has 0 aliphatic rings. The summed E-state index contributed by atoms with van der Waals surface area (Å²) < 4.78 is 19.2. The lowest BCUT2D eigenvalue weighted by Crippen LogP contribution is -2.47. The van der Waals surface area contributed by atoms with Crippen LogP contribution in [0.15, 0.2) is 28.7 Å². The molecule has 5 nitrogen and oxygen atoms in total. The van der Waals surface area contributed by atoms with Gasteiger partial charge in [-0.2, -0.15) is 0 Å². The second-order valence-corrected chi connectivity index (χ2v) is 5.91. The summed E-state index contributed by atoms with van der Waals surface area (Å²) >= 11 is 8.38. The Morgan fingerprint density at radius 2 is 2.26 bits per heavy atom. The molecule has 0 saturated heterocycles. The summed E-state index contributed by atoms with van der Waals surface area (Å²) in [4.78, 5) is 11.8. The number of carbonyl (C=O) groups excluding carboxylic acids is 1. The predicted molar refractivity (Wildman–Crippen MR) is 96.1 cm³/mol. The first kappa shape index (κ1) is 19.5. The van der Waals surface area contributed by atoms with E-state index in [0.717, 1.165) is 10.9 Å². The lowest BCUT2D eigenvalue weighted by molar-refractivity contribution is -0.119. The number of thiocarbonyl (C=S) groups is 1. The molecule has 0 heterocycles. The van der Waals surface area contributed by atoms with Gasteiger partial charge < -0.3 is 10.1 Å². The van der Waals surface area contributed by atoms with Gasteiger partial charge in [-0.3, -0.25) is 15.2 Å². The number of hydrogen-bond acceptors (Lipinski definition) is 3. The van der Waals surface area contributed by atoms with Gasteiger partial charge in [-0.05, 0) is 42.9 Å². The molecule has 0 aliphatic heterocycles. The first-order valence-electron chi connectivity index (χ1n) is 6.88. The Hall–Kier alpha value is -1.51. The van der Waals surface area contributed by atoms with Gasteiger partial charge in [0.2, 0.25) is 0 Å². The summed E-state index contributed by atoms with van der Waals surface area (Å²) in [5.74, 6) is -0.811. The first-order chi connectivity index (χ1) is 10.9. The highest BCUT2D eigenvalue weighted by Crippen LogP contribution is 2.16. The van der Waals surface area contributed by atoms with Gasteiger partial charge in [0.25, 0.3) is 5.91 Å². The quantitative estimate of drug-likeness (QED) is 0.330. The summed E-state index contributed by atoms with van der Waals surface area (Å²) in [5, 5.41) is 4.77. The second kappa shape index (κ2) is 10.3. The molecule has 0 aliphatic carbocycles. The van der Waals surface area contributed by atoms with Gasteiger partial charge in [-0.1, -0.05) is 15.9 Å². The van der Waals surface area contributed by atoms with Crippen LogP contribution in [-0.2, 0) is 9.53 Å². The molecule has 1 aromatic rings. The molecule has 0 spiro atoms. The molecule has 0 unspecified atom stereocenters. The number of rotatable bonds is 6. The molecule has 1 rings (SSSR count). The number of benzene rings is 1. The number of methoxy groups -OCH3 is 1. The zero-order chi connectivity index (χ0) is 17.2. The van der Waals surface area contributed by atoms with Gasteiger partial charge in [0, 0.05) is 43.4 Å². The minimum atomic E-state index is -0.409. The SMILES string of the molecule is COCCCNC(=S)N(C)NC(=O)/C=C/c1cc(Br)ccc1F. The molecule has 1 aromatic carbocycles. The lowest BCUT2D eigenvalue weighted by Gasteiger charge is -2.20. The van der Waals surface area contributed by atoms with Crippen molar-refractivity contribution in [1.82, 2.24) is 15.8 Å². The molecule has 1 amide bonds. The zero-order valence-corrected chi connectivity index (χ0v) is 15.3. The van der Waals surface area contributed by atoms with Gasteiger partial charge in [-0.25, -0.2) is 4.39 Å². The fourth-order valence-corrected chi connectivity index (χ4v) is 2.12. The molecule has 23 heavy (non-hydrogen) atoms. The third kappa shape index (κ3) is 7.54. The van der Waals surface area contributed by atoms with Gasteiger partial charge in [-0.15, -0.1) is 0 Å². The summed E-state index contributed by atoms with van der Waals surface area (Å²) in [6.07, 6.45) is 3.45. The highest BCUT2D eigenvalue weighted by atomic mass is 79.9. The maximum atomic E-state index is 13.6. The van der Waals surface area contributed by atoms with Crippen LogP contribution in [0, 0.1) is 5.82 Å². The van der Waals surface area contributed by atoms with E-state index in [9.17, 15) is 9.18 Å². The molecule has 0 saturated carbocycles. The lowest BCUT2D eigenvalue weighted by atomic mass is 10.2. The molecule has 8 heteroatoms. The number of halogens is 2. The highest BCUT2D eigenvalue weighted by Gasteiger charge is 2.06. The van der Waals surface area contributed by atoms with Gasteiger partial charge >= 0.3 is 0 Å². The van der Waals surface area contributed by atoms with Crippen molar-refractivity contribution in [3.8, 4) is 0 Å². The molecular formula is C15H19BrFN3O2S. The van der Waals surface area contributed by atoms with Crippen molar-refractivity contribution in [3.63, 3.8) is 0 Å². The second-order valence-electron chi connectivity index (χ2n) is 4.61. The van der Waals surface area contributed by atoms with E-state index in [1.807, 2.05) is 0 Å². The van der Waals surface area contributed by atoms with Crippen LogP contribution >= 0.6 is 28.1 Å². The normalized spacial score (nSPS) is 10.6. The molecule has 126 valence electrons. The maximum Gasteiger partial charge on any atom is 0.262 e. The number of amides is 1. The fraction of sp³-hybridized carbons (Fsp3) is 0.333. The largest absolute Gasteiger partial charge is 0.385 e. The van der Waals surface area contributed by atoms with E-state index >= 15 is 0 Å². The maximum absolute atomic E-state index is 13.6. The summed E-state index contributed by atoms with van der Waals surface area (Å²) in [7, 11) is 3.25. The van der Waals surface area contributed by atoms with Crippen molar-refractivity contribution >= 4 is 45.2 Å². The van der Waals surface area contributed by atoms with E-state index in [1.54, 1.807) is 26.3 Å². The average molecular weight is 404 g/mol. The average Bonchev–Trinajstić information content (AvgIpc) is 2.52. The summed E-state index contributed by atoms with van der Waals surface area (Å²) in [6.45, 7) is 1.28. The highest BCUT2D eigenvalue weighted by molar-refractivity contribution is 9.10. The van der Waals surface area contributed by atoms with Crippen molar-refractivity contribution in [2.45, 2.75) is 6.42 Å². The third-order valence-electron chi connectivity index (χ3n) is 2.76. The van der Waals surface area contributed by atoms with Crippen LogP contribution in [0.5, 0.6) is 0 Å². The minimum Gasteiger partial charge on any atom is -0.385 e. The topological polar surface area (TPSA) is 53.6 Å². The smallest absolute Gasteiger partial charge is 0.262 e. The van der Waals surface area contributed by atoms with Crippen LogP contribution in [0.4, 0.5) is 4.39 Å². The van der Waals surface area contributed by atoms with Gasteiger partial charge in [0.1, 0.15) is 5.82 Å². The Morgan fingerprint density at radius 3 is 2.96 bits per heavy atom. The van der Waals surface area contributed by atoms with E-state index in [-0.39, 0.29) is 0 Å². The Morgan fingerprint density at radius 1 is 1.52 bits per heavy atom. The molecular weight excluding hydrogens is 385 g/mol. The summed E-state index contributed by atoms with van der Waals surface area (Å²) in [5.41, 5.74) is 2.88. The van der Waals surface area contributed by atoms with Crippen LogP contribution in [0.1, 0.15) is 12.0 Å². The Labute approximate surface area is 149 Å². The predicted octanol–water partition coefficient (Wildman–Crippen LogP) is 2.48. The van der Waals surface area contributed by atoms with Gasteiger partial charge in [0.05, 0.1) is 0 Å². The monoisotopic (exact) mass is 403 g/mol. The van der Waals surface area contributed by atoms with Crippen molar-refractivity contribution in [2.24, 2.45) is 0 Å². The number of hydrazine groups is 1. The van der Waals surface area contributed by atoms with E-state index in [4.69, 9.17) is 17.0 Å². The number of nitrogens with one attached hydrogen (secondary N) is 2. The Kier molecular flexibility index (Phi) is 8.75.